The lowest BCUT2D eigenvalue weighted by Crippen LogP contribution is -2.48. The lowest BCUT2D eigenvalue weighted by Gasteiger charge is -2.35. The van der Waals surface area contributed by atoms with Crippen LogP contribution in [-0.2, 0) is 4.79 Å². The van der Waals surface area contributed by atoms with Crippen LogP contribution >= 0.6 is 0 Å². The van der Waals surface area contributed by atoms with Gasteiger partial charge in [-0.15, -0.1) is 0 Å². The summed E-state index contributed by atoms with van der Waals surface area (Å²) < 4.78 is 5.29. The monoisotopic (exact) mass is 410 g/mol. The summed E-state index contributed by atoms with van der Waals surface area (Å²) in [5.41, 5.74) is 1.84. The van der Waals surface area contributed by atoms with Crippen molar-refractivity contribution in [2.75, 3.05) is 19.0 Å². The highest BCUT2D eigenvalue weighted by molar-refractivity contribution is 6.07. The van der Waals surface area contributed by atoms with Crippen LogP contribution in [-0.4, -0.2) is 35.4 Å². The van der Waals surface area contributed by atoms with Crippen LogP contribution in [0.4, 0.5) is 16.2 Å². The van der Waals surface area contributed by atoms with Gasteiger partial charge in [-0.1, -0.05) is 12.1 Å². The smallest absolute Gasteiger partial charge is 0.322 e. The summed E-state index contributed by atoms with van der Waals surface area (Å²) >= 11 is 0. The normalized spacial score (nSPS) is 16.2. The first kappa shape index (κ1) is 20.8. The summed E-state index contributed by atoms with van der Waals surface area (Å²) in [5, 5.41) is 16.6. The minimum absolute atomic E-state index is 0.0724. The Labute approximate surface area is 173 Å². The fraction of sp³-hybridized carbons (Fsp3) is 0.238. The van der Waals surface area contributed by atoms with Gasteiger partial charge in [0.2, 0.25) is 0 Å². The summed E-state index contributed by atoms with van der Waals surface area (Å²) in [5.74, 6) is 0.0991. The molecule has 9 nitrogen and oxygen atoms in total. The first-order valence-electron chi connectivity index (χ1n) is 9.34. The third-order valence-electron chi connectivity index (χ3n) is 4.95. The number of rotatable bonds is 6. The van der Waals surface area contributed by atoms with Gasteiger partial charge in [0.15, 0.2) is 0 Å². The number of amides is 3. The van der Waals surface area contributed by atoms with Gasteiger partial charge < -0.3 is 15.4 Å². The van der Waals surface area contributed by atoms with Crippen LogP contribution in [0.15, 0.2) is 59.8 Å². The highest BCUT2D eigenvalue weighted by Crippen LogP contribution is 2.33. The van der Waals surface area contributed by atoms with Crippen LogP contribution in [0, 0.1) is 10.1 Å². The topological polar surface area (TPSA) is 114 Å². The number of nitrogens with one attached hydrogen (secondary N) is 2. The van der Waals surface area contributed by atoms with Crippen molar-refractivity contribution in [3.63, 3.8) is 0 Å². The zero-order valence-corrected chi connectivity index (χ0v) is 16.8. The van der Waals surface area contributed by atoms with Crippen molar-refractivity contribution in [3.8, 4) is 5.75 Å². The van der Waals surface area contributed by atoms with E-state index in [1.807, 2.05) is 6.92 Å². The molecule has 0 aromatic heterocycles. The molecule has 0 radical (unpaired) electrons. The van der Waals surface area contributed by atoms with E-state index in [0.29, 0.717) is 34.8 Å². The Kier molecular flexibility index (Phi) is 6.01. The molecule has 3 amide bonds. The number of ether oxygens (including phenoxy) is 1. The number of methoxy groups -OCH3 is 1. The number of hydrogen-bond donors (Lipinski definition) is 2. The Balaban J connectivity index is 2.02. The number of nitro groups is 1. The van der Waals surface area contributed by atoms with Crippen LogP contribution in [0.5, 0.6) is 5.75 Å². The maximum absolute atomic E-state index is 13.3. The van der Waals surface area contributed by atoms with Crippen molar-refractivity contribution in [1.29, 1.82) is 0 Å². The maximum atomic E-state index is 13.3. The third-order valence-corrected chi connectivity index (χ3v) is 4.95. The fourth-order valence-corrected chi connectivity index (χ4v) is 3.43. The van der Waals surface area contributed by atoms with Gasteiger partial charge in [0.05, 0.1) is 29.3 Å². The van der Waals surface area contributed by atoms with Gasteiger partial charge in [0.1, 0.15) is 5.75 Å². The van der Waals surface area contributed by atoms with E-state index in [0.717, 1.165) is 0 Å². The van der Waals surface area contributed by atoms with E-state index in [1.54, 1.807) is 31.2 Å². The molecule has 1 heterocycles. The van der Waals surface area contributed by atoms with E-state index in [-0.39, 0.29) is 11.7 Å². The molecule has 0 saturated heterocycles. The minimum Gasteiger partial charge on any atom is -0.495 e. The van der Waals surface area contributed by atoms with Crippen molar-refractivity contribution in [3.05, 3.63) is 75.5 Å². The zero-order valence-electron chi connectivity index (χ0n) is 16.8. The maximum Gasteiger partial charge on any atom is 0.322 e. The first-order valence-corrected chi connectivity index (χ1v) is 9.34. The molecule has 2 aromatic carbocycles. The number of benzene rings is 2. The second kappa shape index (κ2) is 8.64. The number of allylic oxidation sites excluding steroid dienone is 1. The van der Waals surface area contributed by atoms with Crippen LogP contribution in [0.3, 0.4) is 0 Å². The van der Waals surface area contributed by atoms with Crippen LogP contribution in [0.2, 0.25) is 0 Å². The lowest BCUT2D eigenvalue weighted by molar-refractivity contribution is -0.384. The van der Waals surface area contributed by atoms with Gasteiger partial charge in [0.25, 0.3) is 11.6 Å². The first-order chi connectivity index (χ1) is 14.4. The van der Waals surface area contributed by atoms with E-state index in [2.05, 4.69) is 10.6 Å². The average Bonchev–Trinajstić information content (AvgIpc) is 2.74. The number of para-hydroxylation sites is 2. The van der Waals surface area contributed by atoms with Gasteiger partial charge in [-0.25, -0.2) is 4.79 Å². The highest BCUT2D eigenvalue weighted by atomic mass is 16.6. The molecular formula is C21H22N4O5. The summed E-state index contributed by atoms with van der Waals surface area (Å²) in [6, 6.07) is 11.7. The molecule has 0 saturated carbocycles. The molecule has 0 bridgehead atoms. The molecule has 1 atom stereocenters. The van der Waals surface area contributed by atoms with E-state index >= 15 is 0 Å². The second-order valence-corrected chi connectivity index (χ2v) is 6.63. The molecule has 1 aliphatic heterocycles. The lowest BCUT2D eigenvalue weighted by atomic mass is 9.94. The molecule has 0 unspecified atom stereocenters. The predicted octanol–water partition coefficient (Wildman–Crippen LogP) is 3.60. The molecular weight excluding hydrogens is 388 g/mol. The minimum atomic E-state index is -0.754. The van der Waals surface area contributed by atoms with Gasteiger partial charge in [-0.05, 0) is 43.7 Å². The molecule has 2 aromatic rings. The number of carbonyl (C=O) groups is 2. The van der Waals surface area contributed by atoms with Gasteiger partial charge in [0, 0.05) is 24.4 Å². The molecule has 2 N–H and O–H groups in total. The SMILES string of the molecule is CCN1C(=O)N[C@@H](c2ccc([N+](=O)[O-])cc2)C(C(=O)Nc2ccccc2OC)=C1C. The summed E-state index contributed by atoms with van der Waals surface area (Å²) in [6.45, 7) is 3.90. The fourth-order valence-electron chi connectivity index (χ4n) is 3.43. The molecule has 30 heavy (non-hydrogen) atoms. The van der Waals surface area contributed by atoms with E-state index < -0.39 is 16.9 Å². The Morgan fingerprint density at radius 1 is 1.23 bits per heavy atom. The van der Waals surface area contributed by atoms with E-state index in [9.17, 15) is 19.7 Å². The number of nitro benzene ring substituents is 1. The number of carbonyl (C=O) groups excluding carboxylic acids is 2. The molecule has 0 spiro atoms. The van der Waals surface area contributed by atoms with Crippen molar-refractivity contribution >= 4 is 23.3 Å². The molecule has 0 fully saturated rings. The predicted molar refractivity (Wildman–Crippen MR) is 111 cm³/mol. The van der Waals surface area contributed by atoms with Gasteiger partial charge in [-0.2, -0.15) is 0 Å². The van der Waals surface area contributed by atoms with Crippen molar-refractivity contribution in [2.45, 2.75) is 19.9 Å². The summed E-state index contributed by atoms with van der Waals surface area (Å²) in [6.07, 6.45) is 0. The highest BCUT2D eigenvalue weighted by Gasteiger charge is 2.35. The number of non-ortho nitro benzene ring substituents is 1. The Morgan fingerprint density at radius 3 is 2.50 bits per heavy atom. The Bertz CT molecular complexity index is 1020. The summed E-state index contributed by atoms with van der Waals surface area (Å²) in [7, 11) is 1.51. The van der Waals surface area contributed by atoms with Crippen molar-refractivity contribution < 1.29 is 19.2 Å². The van der Waals surface area contributed by atoms with Gasteiger partial charge in [-0.3, -0.25) is 19.8 Å². The summed E-state index contributed by atoms with van der Waals surface area (Å²) in [4.78, 5) is 37.7. The molecule has 9 heteroatoms. The molecule has 3 rings (SSSR count). The quantitative estimate of drug-likeness (QED) is 0.558. The zero-order chi connectivity index (χ0) is 21.8. The molecule has 1 aliphatic rings. The largest absolute Gasteiger partial charge is 0.495 e. The van der Waals surface area contributed by atoms with Crippen molar-refractivity contribution in [2.24, 2.45) is 0 Å². The average molecular weight is 410 g/mol. The van der Waals surface area contributed by atoms with Crippen LogP contribution in [0.1, 0.15) is 25.5 Å². The molecule has 0 aliphatic carbocycles. The second-order valence-electron chi connectivity index (χ2n) is 6.63. The Hall–Kier alpha value is -3.88. The van der Waals surface area contributed by atoms with Crippen LogP contribution < -0.4 is 15.4 Å². The number of nitrogens with zero attached hydrogens (tertiary/aromatic N) is 2. The molecule has 156 valence electrons. The van der Waals surface area contributed by atoms with Crippen molar-refractivity contribution in [1.82, 2.24) is 10.2 Å². The number of urea groups is 1. The van der Waals surface area contributed by atoms with E-state index in [4.69, 9.17) is 4.74 Å². The third kappa shape index (κ3) is 3.95. The van der Waals surface area contributed by atoms with E-state index in [1.165, 1.54) is 36.3 Å². The van der Waals surface area contributed by atoms with Crippen LogP contribution in [0.25, 0.3) is 0 Å². The van der Waals surface area contributed by atoms with Gasteiger partial charge >= 0.3 is 6.03 Å². The number of hydrogen-bond acceptors (Lipinski definition) is 5. The number of anilines is 1. The standard InChI is InChI=1S/C21H22N4O5/c1-4-24-13(2)18(20(26)22-16-7-5-6-8-17(16)30-3)19(23-21(24)27)14-9-11-15(12-10-14)25(28)29/h5-12,19H,4H2,1-3H3,(H,22,26)(H,23,27)/t19-/m0/s1. The Morgan fingerprint density at radius 2 is 1.90 bits per heavy atom.